The Hall–Kier alpha value is -4.30. The summed E-state index contributed by atoms with van der Waals surface area (Å²) in [7, 11) is -2.02. The zero-order chi connectivity index (χ0) is 33.3. The lowest BCUT2D eigenvalue weighted by Crippen LogP contribution is -2.49. The highest BCUT2D eigenvalue weighted by Crippen LogP contribution is 2.25. The van der Waals surface area contributed by atoms with Gasteiger partial charge in [-0.2, -0.15) is 0 Å². The average Bonchev–Trinajstić information content (AvgIpc) is 3.02. The maximum absolute atomic E-state index is 14.6. The summed E-state index contributed by atoms with van der Waals surface area (Å²) in [5.74, 6) is -1.75. The van der Waals surface area contributed by atoms with Crippen LogP contribution in [0.25, 0.3) is 0 Å². The monoisotopic (exact) mass is 658 g/mol. The number of sulfonamides is 1. The second kappa shape index (κ2) is 15.8. The molecule has 0 spiro atoms. The topological polar surface area (TPSA) is 133 Å². The zero-order valence-corrected chi connectivity index (χ0v) is 27.0. The highest BCUT2D eigenvalue weighted by atomic mass is 32.2. The Bertz CT molecular complexity index is 1600. The van der Waals surface area contributed by atoms with Gasteiger partial charge in [0.15, 0.2) is 0 Å². The number of hydrogen-bond donors (Lipinski definition) is 3. The van der Waals surface area contributed by atoms with Crippen LogP contribution in [0, 0.1) is 11.6 Å². The number of rotatable bonds is 13. The number of aromatic nitrogens is 1. The van der Waals surface area contributed by atoms with Crippen LogP contribution < -0.4 is 20.1 Å². The molecule has 3 N–H and O–H groups in total. The van der Waals surface area contributed by atoms with Crippen molar-refractivity contribution in [2.24, 2.45) is 0 Å². The molecule has 0 atom stereocenters. The van der Waals surface area contributed by atoms with Gasteiger partial charge in [-0.1, -0.05) is 25.8 Å². The van der Waals surface area contributed by atoms with Gasteiger partial charge in [0.25, 0.3) is 5.91 Å². The average molecular weight is 659 g/mol. The molecule has 14 heteroatoms. The van der Waals surface area contributed by atoms with E-state index in [1.807, 2.05) is 6.07 Å². The molecule has 46 heavy (non-hydrogen) atoms. The minimum atomic E-state index is -3.36. The number of likely N-dealkylation sites (tertiary alicyclic amines) is 1. The van der Waals surface area contributed by atoms with E-state index in [1.54, 1.807) is 41.4 Å². The molecule has 0 bridgehead atoms. The predicted molar refractivity (Wildman–Crippen MR) is 173 cm³/mol. The summed E-state index contributed by atoms with van der Waals surface area (Å²) >= 11 is 0. The van der Waals surface area contributed by atoms with Crippen LogP contribution in [0.15, 0.2) is 54.7 Å². The van der Waals surface area contributed by atoms with Gasteiger partial charge in [-0.15, -0.1) is 0 Å². The number of carbonyl (C=O) groups is 2. The van der Waals surface area contributed by atoms with Gasteiger partial charge in [0.1, 0.15) is 17.4 Å². The van der Waals surface area contributed by atoms with Crippen molar-refractivity contribution in [3.05, 3.63) is 77.5 Å². The normalized spacial score (nSPS) is 14.0. The van der Waals surface area contributed by atoms with Crippen molar-refractivity contribution < 1.29 is 31.5 Å². The number of urea groups is 1. The number of hydrogen-bond acceptors (Lipinski definition) is 7. The largest absolute Gasteiger partial charge is 0.439 e. The van der Waals surface area contributed by atoms with E-state index in [2.05, 4.69) is 32.2 Å². The summed E-state index contributed by atoms with van der Waals surface area (Å²) in [6, 6.07) is 11.3. The molecule has 248 valence electrons. The molecule has 2 aromatic carbocycles. The Morgan fingerprint density at radius 1 is 1.04 bits per heavy atom. The van der Waals surface area contributed by atoms with Gasteiger partial charge in [-0.05, 0) is 55.2 Å². The number of carbonyl (C=O) groups excluding carboxylic acids is 2. The van der Waals surface area contributed by atoms with Gasteiger partial charge < -0.3 is 20.3 Å². The first-order chi connectivity index (χ1) is 22.0. The van der Waals surface area contributed by atoms with E-state index in [9.17, 15) is 26.8 Å². The number of halogens is 2. The van der Waals surface area contributed by atoms with E-state index >= 15 is 0 Å². The van der Waals surface area contributed by atoms with Crippen molar-refractivity contribution in [3.63, 3.8) is 0 Å². The van der Waals surface area contributed by atoms with Gasteiger partial charge in [0.2, 0.25) is 15.9 Å². The Kier molecular flexibility index (Phi) is 11.9. The number of unbranched alkanes of at least 4 members (excludes halogenated alkanes) is 2. The molecular formula is C32H40F2N6O5S. The van der Waals surface area contributed by atoms with Crippen LogP contribution >= 0.6 is 0 Å². The Labute approximate surface area is 268 Å². The fourth-order valence-electron chi connectivity index (χ4n) is 5.26. The van der Waals surface area contributed by atoms with E-state index in [0.717, 1.165) is 50.2 Å². The number of nitrogens with one attached hydrogen (secondary N) is 3. The van der Waals surface area contributed by atoms with Crippen LogP contribution in [0.3, 0.4) is 0 Å². The van der Waals surface area contributed by atoms with Gasteiger partial charge in [-0.3, -0.25) is 14.4 Å². The number of ether oxygens (including phenoxy) is 1. The third-order valence-corrected chi connectivity index (χ3v) is 8.22. The SMILES string of the molecule is CCCCCN(C(=O)Nc1cc(C(=O)NC)c(F)cc1F)C1CCN(Cc2ccc(Oc3ccc(NS(C)(=O)=O)cc3)nc2)CC1. The third-order valence-electron chi connectivity index (χ3n) is 7.62. The molecule has 0 unspecified atom stereocenters. The molecule has 0 aliphatic carbocycles. The number of piperidine rings is 1. The Morgan fingerprint density at radius 3 is 2.37 bits per heavy atom. The smallest absolute Gasteiger partial charge is 0.322 e. The highest BCUT2D eigenvalue weighted by Gasteiger charge is 2.29. The van der Waals surface area contributed by atoms with Crippen LogP contribution in [-0.2, 0) is 16.6 Å². The molecule has 1 aliphatic rings. The number of nitrogens with zero attached hydrogens (tertiary/aromatic N) is 3. The minimum Gasteiger partial charge on any atom is -0.439 e. The van der Waals surface area contributed by atoms with Gasteiger partial charge in [-0.25, -0.2) is 27.0 Å². The molecule has 1 saturated heterocycles. The van der Waals surface area contributed by atoms with Crippen LogP contribution in [0.5, 0.6) is 11.6 Å². The molecule has 11 nitrogen and oxygen atoms in total. The van der Waals surface area contributed by atoms with E-state index in [0.29, 0.717) is 49.3 Å². The standard InChI is InChI=1S/C32H40F2N6O5S/c1-4-5-6-15-40(32(42)37-29-18-26(31(41)35-2)27(33)19-28(29)34)24-13-16-39(17-14-24)21-22-7-12-30(36-20-22)45-25-10-8-23(9-11-25)38-46(3,43)44/h7-12,18-20,24,38H,4-6,13-17,21H2,1-3H3,(H,35,41)(H,37,42). The number of benzene rings is 2. The molecule has 1 aliphatic heterocycles. The summed E-state index contributed by atoms with van der Waals surface area (Å²) in [6.45, 7) is 4.71. The van der Waals surface area contributed by atoms with Crippen molar-refractivity contribution in [1.82, 2.24) is 20.1 Å². The van der Waals surface area contributed by atoms with Crippen molar-refractivity contribution in [2.45, 2.75) is 51.6 Å². The first-order valence-corrected chi connectivity index (χ1v) is 17.1. The molecule has 0 saturated carbocycles. The third kappa shape index (κ3) is 9.85. The minimum absolute atomic E-state index is 0.0667. The lowest BCUT2D eigenvalue weighted by Gasteiger charge is -2.38. The Balaban J connectivity index is 1.33. The maximum Gasteiger partial charge on any atom is 0.322 e. The molecule has 1 fully saturated rings. The van der Waals surface area contributed by atoms with E-state index in [1.165, 1.54) is 7.05 Å². The van der Waals surface area contributed by atoms with Gasteiger partial charge in [0.05, 0.1) is 17.5 Å². The summed E-state index contributed by atoms with van der Waals surface area (Å²) in [6.07, 6.45) is 6.97. The lowest BCUT2D eigenvalue weighted by molar-refractivity contribution is 0.0959. The first kappa shape index (κ1) is 34.6. The highest BCUT2D eigenvalue weighted by molar-refractivity contribution is 7.92. The summed E-state index contributed by atoms with van der Waals surface area (Å²) in [4.78, 5) is 33.8. The molecule has 4 rings (SSSR count). The van der Waals surface area contributed by atoms with Crippen molar-refractivity contribution in [2.75, 3.05) is 43.0 Å². The summed E-state index contributed by atoms with van der Waals surface area (Å²) < 4.78 is 59.7. The predicted octanol–water partition coefficient (Wildman–Crippen LogP) is 5.57. The van der Waals surface area contributed by atoms with Crippen molar-refractivity contribution >= 4 is 33.3 Å². The van der Waals surface area contributed by atoms with Crippen LogP contribution in [-0.4, -0.2) is 74.1 Å². The van der Waals surface area contributed by atoms with Crippen molar-refractivity contribution in [3.8, 4) is 11.6 Å². The van der Waals surface area contributed by atoms with Crippen LogP contribution in [0.2, 0.25) is 0 Å². The molecule has 1 aromatic heterocycles. The van der Waals surface area contributed by atoms with E-state index in [4.69, 9.17) is 4.74 Å². The van der Waals surface area contributed by atoms with Crippen molar-refractivity contribution in [1.29, 1.82) is 0 Å². The molecular weight excluding hydrogens is 618 g/mol. The quantitative estimate of drug-likeness (QED) is 0.205. The number of pyridine rings is 1. The van der Waals surface area contributed by atoms with E-state index < -0.39 is 33.6 Å². The second-order valence-electron chi connectivity index (χ2n) is 11.2. The first-order valence-electron chi connectivity index (χ1n) is 15.2. The molecule has 3 aromatic rings. The zero-order valence-electron chi connectivity index (χ0n) is 26.2. The second-order valence-corrected chi connectivity index (χ2v) is 13.0. The maximum atomic E-state index is 14.6. The van der Waals surface area contributed by atoms with Crippen LogP contribution in [0.1, 0.15) is 54.9 Å². The molecule has 0 radical (unpaired) electrons. The fraction of sp³-hybridized carbons (Fsp3) is 0.406. The van der Waals surface area contributed by atoms with Gasteiger partial charge in [0, 0.05) is 63.3 Å². The summed E-state index contributed by atoms with van der Waals surface area (Å²) in [5, 5.41) is 4.89. The molecule has 3 amide bonds. The Morgan fingerprint density at radius 2 is 1.76 bits per heavy atom. The van der Waals surface area contributed by atoms with E-state index in [-0.39, 0.29) is 17.3 Å². The van der Waals surface area contributed by atoms with Gasteiger partial charge >= 0.3 is 6.03 Å². The number of amides is 3. The lowest BCUT2D eigenvalue weighted by atomic mass is 10.0. The fourth-order valence-corrected chi connectivity index (χ4v) is 5.82. The number of anilines is 2. The molecule has 2 heterocycles. The van der Waals surface area contributed by atoms with Crippen LogP contribution in [0.4, 0.5) is 25.0 Å². The summed E-state index contributed by atoms with van der Waals surface area (Å²) in [5.41, 5.74) is 0.834.